The van der Waals surface area contributed by atoms with Gasteiger partial charge in [-0.15, -0.1) is 0 Å². The lowest BCUT2D eigenvalue weighted by atomic mass is 9.79. The maximum Gasteiger partial charge on any atom is 0.408 e. The highest BCUT2D eigenvalue weighted by Gasteiger charge is 2.39. The number of methoxy groups -OCH3 is 1. The van der Waals surface area contributed by atoms with E-state index in [1.54, 1.807) is 42.3 Å². The van der Waals surface area contributed by atoms with E-state index in [9.17, 15) is 24.9 Å². The van der Waals surface area contributed by atoms with Crippen molar-refractivity contribution >= 4 is 17.7 Å². The van der Waals surface area contributed by atoms with Crippen molar-refractivity contribution in [2.24, 2.45) is 0 Å². The van der Waals surface area contributed by atoms with Gasteiger partial charge in [-0.1, -0.05) is 12.1 Å². The zero-order chi connectivity index (χ0) is 32.2. The number of fused-ring (bicyclic) bond motifs is 1. The van der Waals surface area contributed by atoms with Crippen LogP contribution >= 0.6 is 0 Å². The zero-order valence-corrected chi connectivity index (χ0v) is 26.5. The summed E-state index contributed by atoms with van der Waals surface area (Å²) in [6.45, 7) is 9.16. The first-order valence-electron chi connectivity index (χ1n) is 14.9. The first-order chi connectivity index (χ1) is 20.7. The number of hydrogen-bond donors (Lipinski definition) is 3. The first kappa shape index (κ1) is 32.7. The zero-order valence-electron chi connectivity index (χ0n) is 26.5. The summed E-state index contributed by atoms with van der Waals surface area (Å²) in [6.07, 6.45) is 1.41. The number of carbonyl (C=O) groups is 2. The van der Waals surface area contributed by atoms with Crippen molar-refractivity contribution in [3.8, 4) is 17.2 Å². The van der Waals surface area contributed by atoms with Gasteiger partial charge in [0.2, 0.25) is 0 Å². The number of carboxylic acid groups (broad SMARTS) is 1. The third kappa shape index (κ3) is 7.27. The number of phenolic OH excluding ortho intramolecular Hbond substituents is 1. The minimum atomic E-state index is -1.02. The Morgan fingerprint density at radius 1 is 0.932 bits per heavy atom. The molecule has 2 amide bonds. The Labute approximate surface area is 259 Å². The molecule has 9 nitrogen and oxygen atoms in total. The molecule has 0 saturated heterocycles. The number of hydrogen-bond acceptors (Lipinski definition) is 6. The molecule has 1 unspecified atom stereocenters. The Kier molecular flexibility index (Phi) is 9.78. The minimum absolute atomic E-state index is 0.0977. The van der Waals surface area contributed by atoms with Crippen LogP contribution in [0.1, 0.15) is 74.0 Å². The van der Waals surface area contributed by atoms with E-state index >= 15 is 0 Å². The summed E-state index contributed by atoms with van der Waals surface area (Å²) in [5, 5.41) is 29.7. The normalized spacial score (nSPS) is 14.8. The number of aromatic hydroxyl groups is 1. The van der Waals surface area contributed by atoms with E-state index in [1.165, 1.54) is 10.5 Å². The summed E-state index contributed by atoms with van der Waals surface area (Å²) in [5.74, 6) is 1.25. The number of carbonyl (C=O) groups excluding carboxylic acids is 1. The first-order valence-corrected chi connectivity index (χ1v) is 14.9. The Morgan fingerprint density at radius 2 is 1.61 bits per heavy atom. The number of anilines is 1. The van der Waals surface area contributed by atoms with Crippen LogP contribution in [0.25, 0.3) is 0 Å². The van der Waals surface area contributed by atoms with Crippen LogP contribution in [0.15, 0.2) is 60.7 Å². The van der Waals surface area contributed by atoms with Crippen LogP contribution in [0.4, 0.5) is 10.5 Å². The van der Waals surface area contributed by atoms with Crippen LogP contribution in [-0.4, -0.2) is 70.2 Å². The molecule has 1 aliphatic carbocycles. The van der Waals surface area contributed by atoms with Crippen LogP contribution in [0.5, 0.6) is 17.2 Å². The fourth-order valence-corrected chi connectivity index (χ4v) is 6.30. The molecule has 0 fully saturated rings. The van der Waals surface area contributed by atoms with Crippen molar-refractivity contribution in [1.82, 2.24) is 4.90 Å². The molecule has 44 heavy (non-hydrogen) atoms. The summed E-state index contributed by atoms with van der Waals surface area (Å²) in [7, 11) is 1.58. The van der Waals surface area contributed by atoms with E-state index < -0.39 is 17.2 Å². The fourth-order valence-electron chi connectivity index (χ4n) is 6.30. The Balaban J connectivity index is 1.58. The Bertz CT molecular complexity index is 1480. The number of amides is 2. The maximum absolute atomic E-state index is 13.9. The topological polar surface area (TPSA) is 120 Å². The van der Waals surface area contributed by atoms with Crippen molar-refractivity contribution in [2.45, 2.75) is 70.9 Å². The van der Waals surface area contributed by atoms with Crippen LogP contribution in [0.2, 0.25) is 0 Å². The van der Waals surface area contributed by atoms with E-state index in [2.05, 4.69) is 0 Å². The number of phenols is 1. The van der Waals surface area contributed by atoms with Gasteiger partial charge in [0, 0.05) is 23.7 Å². The van der Waals surface area contributed by atoms with Gasteiger partial charge in [0.25, 0.3) is 5.91 Å². The largest absolute Gasteiger partial charge is 0.508 e. The van der Waals surface area contributed by atoms with Gasteiger partial charge in [0.15, 0.2) is 0 Å². The molecular formula is C35H44N2O7. The summed E-state index contributed by atoms with van der Waals surface area (Å²) in [5.41, 5.74) is 3.00. The van der Waals surface area contributed by atoms with E-state index in [0.717, 1.165) is 30.4 Å². The highest BCUT2D eigenvalue weighted by molar-refractivity contribution is 6.06. The summed E-state index contributed by atoms with van der Waals surface area (Å²) in [6, 6.07) is 18.0. The number of ether oxygens (including phenoxy) is 2. The van der Waals surface area contributed by atoms with Crippen LogP contribution in [0.3, 0.4) is 0 Å². The van der Waals surface area contributed by atoms with Crippen LogP contribution in [0, 0.1) is 0 Å². The molecule has 4 rings (SSSR count). The third-order valence-electron chi connectivity index (χ3n) is 8.12. The van der Waals surface area contributed by atoms with Gasteiger partial charge in [-0.2, -0.15) is 0 Å². The van der Waals surface area contributed by atoms with Crippen LogP contribution < -0.4 is 14.4 Å². The number of aliphatic hydroxyl groups is 1. The van der Waals surface area contributed by atoms with Gasteiger partial charge in [-0.05, 0) is 119 Å². The van der Waals surface area contributed by atoms with Crippen molar-refractivity contribution in [3.05, 3.63) is 82.9 Å². The summed E-state index contributed by atoms with van der Waals surface area (Å²) in [4.78, 5) is 28.9. The maximum atomic E-state index is 13.9. The molecule has 1 atom stereocenters. The quantitative estimate of drug-likeness (QED) is 0.250. The standard InChI is InChI=1S/C35H44N2O7/c1-34(2,3)37(33(41)42)35(4,5)22-44-28-13-10-23(11-14-28)32(40)36(17-18-38)31-21-29(43-6)15-16-30(31)26-8-7-25-20-27(39)12-9-24(25)19-26/h9-16,20-21,26,38-39H,7-8,17-19,22H2,1-6H3,(H,41,42). The minimum Gasteiger partial charge on any atom is -0.508 e. The van der Waals surface area contributed by atoms with Gasteiger partial charge in [0.1, 0.15) is 23.9 Å². The molecule has 0 aliphatic heterocycles. The van der Waals surface area contributed by atoms with E-state index in [4.69, 9.17) is 9.47 Å². The number of rotatable bonds is 10. The molecule has 0 bridgehead atoms. The third-order valence-corrected chi connectivity index (χ3v) is 8.12. The van der Waals surface area contributed by atoms with Gasteiger partial charge in [-0.25, -0.2) is 4.79 Å². The number of aryl methyl sites for hydroxylation is 1. The van der Waals surface area contributed by atoms with E-state index in [1.807, 2.05) is 65.0 Å². The molecule has 3 aromatic rings. The molecule has 0 saturated carbocycles. The molecule has 3 N–H and O–H groups in total. The summed E-state index contributed by atoms with van der Waals surface area (Å²) < 4.78 is 11.5. The number of aliphatic hydroxyl groups excluding tert-OH is 1. The lowest BCUT2D eigenvalue weighted by Crippen LogP contribution is -2.59. The van der Waals surface area contributed by atoms with Crippen molar-refractivity contribution in [1.29, 1.82) is 0 Å². The van der Waals surface area contributed by atoms with Gasteiger partial charge < -0.3 is 29.7 Å². The highest BCUT2D eigenvalue weighted by atomic mass is 16.5. The molecule has 236 valence electrons. The average Bonchev–Trinajstić information content (AvgIpc) is 2.97. The lowest BCUT2D eigenvalue weighted by molar-refractivity contribution is 0.00940. The molecule has 0 spiro atoms. The smallest absolute Gasteiger partial charge is 0.408 e. The second-order valence-corrected chi connectivity index (χ2v) is 12.9. The molecular weight excluding hydrogens is 560 g/mol. The molecule has 3 aromatic carbocycles. The van der Waals surface area contributed by atoms with Gasteiger partial charge in [0.05, 0.1) is 24.9 Å². The predicted octanol–water partition coefficient (Wildman–Crippen LogP) is 6.25. The van der Waals surface area contributed by atoms with Gasteiger partial charge in [-0.3, -0.25) is 9.69 Å². The highest BCUT2D eigenvalue weighted by Crippen LogP contribution is 2.40. The van der Waals surface area contributed by atoms with Gasteiger partial charge >= 0.3 is 6.09 Å². The van der Waals surface area contributed by atoms with E-state index in [-0.39, 0.29) is 37.3 Å². The molecule has 0 aromatic heterocycles. The molecule has 1 aliphatic rings. The van der Waals surface area contributed by atoms with Crippen LogP contribution in [-0.2, 0) is 12.8 Å². The average molecular weight is 605 g/mol. The van der Waals surface area contributed by atoms with Crippen molar-refractivity contribution < 1.29 is 34.4 Å². The van der Waals surface area contributed by atoms with E-state index in [0.29, 0.717) is 22.7 Å². The fraction of sp³-hybridized carbons (Fsp3) is 0.429. The predicted molar refractivity (Wildman–Crippen MR) is 170 cm³/mol. The Hall–Kier alpha value is -4.24. The Morgan fingerprint density at radius 3 is 2.23 bits per heavy atom. The molecule has 9 heteroatoms. The lowest BCUT2D eigenvalue weighted by Gasteiger charge is -2.44. The molecule has 0 heterocycles. The summed E-state index contributed by atoms with van der Waals surface area (Å²) >= 11 is 0. The molecule has 0 radical (unpaired) electrons. The number of benzene rings is 3. The monoisotopic (exact) mass is 604 g/mol. The second-order valence-electron chi connectivity index (χ2n) is 12.9. The second kappa shape index (κ2) is 13.2. The van der Waals surface area contributed by atoms with Crippen molar-refractivity contribution in [2.75, 3.05) is 31.8 Å². The van der Waals surface area contributed by atoms with Crippen molar-refractivity contribution in [3.63, 3.8) is 0 Å². The SMILES string of the molecule is COc1ccc(C2CCc3cc(O)ccc3C2)c(N(CCO)C(=O)c2ccc(OCC(C)(C)N(C(=O)O)C(C)(C)C)cc2)c1. The number of nitrogens with zero attached hydrogens (tertiary/aromatic N) is 2.